The molecular formula is C6H7ClO2. The molecule has 0 fully saturated rings. The molecule has 0 spiro atoms. The van der Waals surface area contributed by atoms with Crippen molar-refractivity contribution in [1.29, 1.82) is 0 Å². The lowest BCUT2D eigenvalue weighted by atomic mass is 10.6. The van der Waals surface area contributed by atoms with Crippen LogP contribution in [0.1, 0.15) is 6.92 Å². The van der Waals surface area contributed by atoms with Crippen LogP contribution < -0.4 is 0 Å². The van der Waals surface area contributed by atoms with Gasteiger partial charge in [0.25, 0.3) is 0 Å². The summed E-state index contributed by atoms with van der Waals surface area (Å²) in [6.45, 7) is 2.08. The summed E-state index contributed by atoms with van der Waals surface area (Å²) in [7, 11) is 0. The summed E-state index contributed by atoms with van der Waals surface area (Å²) in [6, 6.07) is 0. The van der Waals surface area contributed by atoms with Gasteiger partial charge in [-0.2, -0.15) is 0 Å². The standard InChI is InChI=1S/C6H7ClO2/c1-2-9-6(8)4-3-5-7/h2,5H2,1H3. The lowest BCUT2D eigenvalue weighted by Gasteiger charge is -1.89. The van der Waals surface area contributed by atoms with E-state index in [1.165, 1.54) is 0 Å². The van der Waals surface area contributed by atoms with Gasteiger partial charge in [-0.1, -0.05) is 5.92 Å². The molecule has 3 heteroatoms. The summed E-state index contributed by atoms with van der Waals surface area (Å²) in [5.74, 6) is 4.21. The van der Waals surface area contributed by atoms with Crippen molar-refractivity contribution >= 4 is 17.6 Å². The normalized spacial score (nSPS) is 7.33. The van der Waals surface area contributed by atoms with Gasteiger partial charge in [-0.05, 0) is 6.92 Å². The molecule has 0 heterocycles. The lowest BCUT2D eigenvalue weighted by Crippen LogP contribution is -1.99. The molecule has 0 N–H and O–H groups in total. The van der Waals surface area contributed by atoms with E-state index in [1.807, 2.05) is 0 Å². The second-order valence-electron chi connectivity index (χ2n) is 1.16. The zero-order valence-corrected chi connectivity index (χ0v) is 5.86. The first-order valence-corrected chi connectivity index (χ1v) is 3.06. The number of halogens is 1. The van der Waals surface area contributed by atoms with Crippen LogP contribution in [0.15, 0.2) is 0 Å². The maximum atomic E-state index is 10.3. The van der Waals surface area contributed by atoms with Gasteiger partial charge < -0.3 is 4.74 Å². The van der Waals surface area contributed by atoms with Crippen LogP contribution in [0.4, 0.5) is 0 Å². The molecule has 0 aliphatic rings. The number of carbonyl (C=O) groups excluding carboxylic acids is 1. The zero-order chi connectivity index (χ0) is 7.11. The Morgan fingerprint density at radius 3 is 2.89 bits per heavy atom. The number of ether oxygens (including phenoxy) is 1. The molecule has 0 unspecified atom stereocenters. The van der Waals surface area contributed by atoms with Crippen LogP contribution in [0.3, 0.4) is 0 Å². The summed E-state index contributed by atoms with van der Waals surface area (Å²) in [6.07, 6.45) is 0. The van der Waals surface area contributed by atoms with E-state index in [1.54, 1.807) is 6.92 Å². The molecular weight excluding hydrogens is 140 g/mol. The van der Waals surface area contributed by atoms with Gasteiger partial charge in [0.1, 0.15) is 0 Å². The van der Waals surface area contributed by atoms with Crippen molar-refractivity contribution in [2.24, 2.45) is 0 Å². The molecule has 0 saturated heterocycles. The molecule has 0 bridgehead atoms. The molecule has 0 aliphatic carbocycles. The van der Waals surface area contributed by atoms with E-state index in [2.05, 4.69) is 16.6 Å². The molecule has 0 atom stereocenters. The van der Waals surface area contributed by atoms with Crippen molar-refractivity contribution in [1.82, 2.24) is 0 Å². The minimum atomic E-state index is -0.516. The number of hydrogen-bond donors (Lipinski definition) is 0. The van der Waals surface area contributed by atoms with Crippen LogP contribution in [0.25, 0.3) is 0 Å². The molecule has 0 amide bonds. The molecule has 2 nitrogen and oxygen atoms in total. The number of rotatable bonds is 1. The number of alkyl halides is 1. The molecule has 0 aromatic heterocycles. The van der Waals surface area contributed by atoms with Crippen molar-refractivity contribution in [3.63, 3.8) is 0 Å². The highest BCUT2D eigenvalue weighted by Gasteiger charge is 1.89. The van der Waals surface area contributed by atoms with E-state index in [9.17, 15) is 4.79 Å². The van der Waals surface area contributed by atoms with E-state index in [-0.39, 0.29) is 5.88 Å². The summed E-state index contributed by atoms with van der Waals surface area (Å²) in [4.78, 5) is 10.3. The highest BCUT2D eigenvalue weighted by Crippen LogP contribution is 1.74. The monoisotopic (exact) mass is 146 g/mol. The van der Waals surface area contributed by atoms with Crippen LogP contribution in [-0.4, -0.2) is 18.5 Å². The van der Waals surface area contributed by atoms with Gasteiger partial charge in [-0.3, -0.25) is 0 Å². The van der Waals surface area contributed by atoms with Crippen molar-refractivity contribution in [3.8, 4) is 11.8 Å². The average molecular weight is 147 g/mol. The third kappa shape index (κ3) is 5.19. The second kappa shape index (κ2) is 5.46. The Morgan fingerprint density at radius 1 is 1.78 bits per heavy atom. The fourth-order valence-corrected chi connectivity index (χ4v) is 0.340. The summed E-state index contributed by atoms with van der Waals surface area (Å²) >= 11 is 5.16. The van der Waals surface area contributed by atoms with Crippen molar-refractivity contribution in [2.75, 3.05) is 12.5 Å². The molecule has 0 aliphatic heterocycles. The third-order valence-corrected chi connectivity index (χ3v) is 0.666. The highest BCUT2D eigenvalue weighted by molar-refractivity contribution is 6.19. The molecule has 50 valence electrons. The van der Waals surface area contributed by atoms with Gasteiger partial charge in [0.05, 0.1) is 12.5 Å². The minimum absolute atomic E-state index is 0.165. The van der Waals surface area contributed by atoms with Crippen LogP contribution in [0.5, 0.6) is 0 Å². The Kier molecular flexibility index (Phi) is 5.04. The summed E-state index contributed by atoms with van der Waals surface area (Å²) in [5.41, 5.74) is 0. The highest BCUT2D eigenvalue weighted by atomic mass is 35.5. The lowest BCUT2D eigenvalue weighted by molar-refractivity contribution is -0.136. The van der Waals surface area contributed by atoms with Gasteiger partial charge in [0.15, 0.2) is 0 Å². The van der Waals surface area contributed by atoms with Gasteiger partial charge in [0, 0.05) is 5.92 Å². The van der Waals surface area contributed by atoms with Crippen molar-refractivity contribution in [2.45, 2.75) is 6.92 Å². The van der Waals surface area contributed by atoms with E-state index < -0.39 is 5.97 Å². The molecule has 0 rings (SSSR count). The number of esters is 1. The zero-order valence-electron chi connectivity index (χ0n) is 5.11. The van der Waals surface area contributed by atoms with E-state index in [0.29, 0.717) is 6.61 Å². The van der Waals surface area contributed by atoms with E-state index >= 15 is 0 Å². The summed E-state index contributed by atoms with van der Waals surface area (Å²) < 4.78 is 4.47. The van der Waals surface area contributed by atoms with Crippen LogP contribution in [0.2, 0.25) is 0 Å². The Labute approximate surface area is 59.1 Å². The maximum absolute atomic E-state index is 10.3. The first kappa shape index (κ1) is 8.32. The Balaban J connectivity index is 3.49. The van der Waals surface area contributed by atoms with E-state index in [0.717, 1.165) is 0 Å². The van der Waals surface area contributed by atoms with E-state index in [4.69, 9.17) is 11.6 Å². The Bertz CT molecular complexity index is 143. The smallest absolute Gasteiger partial charge is 0.384 e. The molecule has 0 radical (unpaired) electrons. The predicted octanol–water partition coefficient (Wildman–Crippen LogP) is 0.792. The predicted molar refractivity (Wildman–Crippen MR) is 35.1 cm³/mol. The van der Waals surface area contributed by atoms with Gasteiger partial charge in [-0.25, -0.2) is 4.79 Å². The van der Waals surface area contributed by atoms with Crippen LogP contribution >= 0.6 is 11.6 Å². The third-order valence-electron chi connectivity index (χ3n) is 0.533. The Hall–Kier alpha value is -0.680. The average Bonchev–Trinajstić information content (AvgIpc) is 1.85. The first-order chi connectivity index (χ1) is 4.31. The molecule has 9 heavy (non-hydrogen) atoms. The Morgan fingerprint density at radius 2 is 2.44 bits per heavy atom. The quantitative estimate of drug-likeness (QED) is 0.237. The van der Waals surface area contributed by atoms with Gasteiger partial charge in [-0.15, -0.1) is 11.6 Å². The minimum Gasteiger partial charge on any atom is -0.456 e. The second-order valence-corrected chi connectivity index (χ2v) is 1.42. The molecule has 0 aromatic rings. The number of hydrogen-bond acceptors (Lipinski definition) is 2. The number of carbonyl (C=O) groups is 1. The van der Waals surface area contributed by atoms with Gasteiger partial charge in [0.2, 0.25) is 0 Å². The van der Waals surface area contributed by atoms with Crippen LogP contribution in [-0.2, 0) is 9.53 Å². The topological polar surface area (TPSA) is 26.3 Å². The fourth-order valence-electron chi connectivity index (χ4n) is 0.273. The SMILES string of the molecule is CCOC(=O)C#CCCl. The molecule has 0 aromatic carbocycles. The fraction of sp³-hybridized carbons (Fsp3) is 0.500. The van der Waals surface area contributed by atoms with Crippen LogP contribution in [0, 0.1) is 11.8 Å². The van der Waals surface area contributed by atoms with Crippen molar-refractivity contribution < 1.29 is 9.53 Å². The first-order valence-electron chi connectivity index (χ1n) is 2.52. The maximum Gasteiger partial charge on any atom is 0.384 e. The summed E-state index contributed by atoms with van der Waals surface area (Å²) in [5, 5.41) is 0. The molecule has 0 saturated carbocycles. The largest absolute Gasteiger partial charge is 0.456 e. The van der Waals surface area contributed by atoms with Crippen molar-refractivity contribution in [3.05, 3.63) is 0 Å². The van der Waals surface area contributed by atoms with Gasteiger partial charge >= 0.3 is 5.97 Å².